The van der Waals surface area contributed by atoms with Crippen molar-refractivity contribution in [2.24, 2.45) is 0 Å². The number of halogens is 1. The van der Waals surface area contributed by atoms with Gasteiger partial charge in [-0.2, -0.15) is 0 Å². The number of benzene rings is 2. The molecule has 6 nitrogen and oxygen atoms in total. The number of nitrogens with one attached hydrogen (secondary N) is 2. The Morgan fingerprint density at radius 1 is 1.26 bits per heavy atom. The number of fused-ring (bicyclic) bond motifs is 1. The third-order valence-corrected chi connectivity index (χ3v) is 4.56. The average Bonchev–Trinajstić information content (AvgIpc) is 2.62. The highest BCUT2D eigenvalue weighted by atomic mass is 19.1. The van der Waals surface area contributed by atoms with Gasteiger partial charge in [-0.25, -0.2) is 4.39 Å². The number of esters is 1. The van der Waals surface area contributed by atoms with Crippen LogP contribution in [0.4, 0.5) is 15.8 Å². The van der Waals surface area contributed by atoms with Gasteiger partial charge >= 0.3 is 5.97 Å². The molecule has 0 aromatic heterocycles. The fraction of sp³-hybridized carbons (Fsp3) is 0.250. The van der Waals surface area contributed by atoms with E-state index < -0.39 is 36.1 Å². The molecule has 1 heterocycles. The van der Waals surface area contributed by atoms with Crippen LogP contribution in [0.3, 0.4) is 0 Å². The first kappa shape index (κ1) is 18.6. The first-order valence-electron chi connectivity index (χ1n) is 8.47. The van der Waals surface area contributed by atoms with Crippen LogP contribution < -0.4 is 10.6 Å². The van der Waals surface area contributed by atoms with Crippen molar-refractivity contribution in [2.75, 3.05) is 17.2 Å². The lowest BCUT2D eigenvalue weighted by Crippen LogP contribution is -2.30. The van der Waals surface area contributed by atoms with E-state index in [0.717, 1.165) is 17.2 Å². The molecule has 27 heavy (non-hydrogen) atoms. The Labute approximate surface area is 155 Å². The molecule has 2 amide bonds. The van der Waals surface area contributed by atoms with E-state index in [1.165, 1.54) is 12.1 Å². The summed E-state index contributed by atoms with van der Waals surface area (Å²) < 4.78 is 18.4. The summed E-state index contributed by atoms with van der Waals surface area (Å²) in [6.45, 7) is 3.34. The van der Waals surface area contributed by atoms with Crippen molar-refractivity contribution in [3.05, 3.63) is 58.9 Å². The number of hydrogen-bond donors (Lipinski definition) is 2. The molecule has 2 N–H and O–H groups in total. The summed E-state index contributed by atoms with van der Waals surface area (Å²) in [5.41, 5.74) is 3.32. The number of amides is 2. The summed E-state index contributed by atoms with van der Waals surface area (Å²) in [4.78, 5) is 36.3. The maximum Gasteiger partial charge on any atom is 0.314 e. The van der Waals surface area contributed by atoms with E-state index in [2.05, 4.69) is 10.6 Å². The number of hydrogen-bond acceptors (Lipinski definition) is 4. The zero-order valence-electron chi connectivity index (χ0n) is 15.0. The Bertz CT molecular complexity index is 926. The number of anilines is 2. The van der Waals surface area contributed by atoms with Gasteiger partial charge in [0, 0.05) is 17.8 Å². The minimum absolute atomic E-state index is 0.115. The number of aryl methyl sites for hydroxylation is 1. The first-order valence-corrected chi connectivity index (χ1v) is 8.47. The number of rotatable bonds is 4. The smallest absolute Gasteiger partial charge is 0.314 e. The second-order valence-electron chi connectivity index (χ2n) is 6.44. The maximum atomic E-state index is 13.4. The van der Waals surface area contributed by atoms with Crippen LogP contribution >= 0.6 is 0 Å². The van der Waals surface area contributed by atoms with Crippen LogP contribution in [0.15, 0.2) is 36.4 Å². The highest BCUT2D eigenvalue weighted by molar-refractivity contribution is 6.00. The van der Waals surface area contributed by atoms with Gasteiger partial charge in [0.05, 0.1) is 5.92 Å². The predicted octanol–water partition coefficient (Wildman–Crippen LogP) is 3.05. The van der Waals surface area contributed by atoms with Crippen LogP contribution in [0.1, 0.15) is 29.0 Å². The number of ether oxygens (including phenoxy) is 1. The van der Waals surface area contributed by atoms with Crippen LogP contribution in [-0.2, 0) is 19.1 Å². The zero-order valence-corrected chi connectivity index (χ0v) is 15.0. The van der Waals surface area contributed by atoms with Gasteiger partial charge in [-0.15, -0.1) is 0 Å². The molecule has 0 fully saturated rings. The Kier molecular flexibility index (Phi) is 5.21. The van der Waals surface area contributed by atoms with Crippen molar-refractivity contribution in [2.45, 2.75) is 26.2 Å². The van der Waals surface area contributed by atoms with Gasteiger partial charge < -0.3 is 15.4 Å². The van der Waals surface area contributed by atoms with Gasteiger partial charge in [0.1, 0.15) is 5.82 Å². The van der Waals surface area contributed by atoms with Crippen molar-refractivity contribution in [3.63, 3.8) is 0 Å². The third-order valence-electron chi connectivity index (χ3n) is 4.56. The lowest BCUT2D eigenvalue weighted by Gasteiger charge is -2.24. The molecule has 1 aliphatic heterocycles. The lowest BCUT2D eigenvalue weighted by atomic mass is 9.90. The van der Waals surface area contributed by atoms with E-state index in [1.807, 2.05) is 26.0 Å². The standard InChI is InChI=1S/C20H19FN2O4/c1-11-4-3-5-16(12(11)2)22-19(25)10-27-20(26)15-9-18(24)23-17-8-13(21)6-7-14(15)17/h3-8,15H,9-10H2,1-2H3,(H,22,25)(H,23,24). The highest BCUT2D eigenvalue weighted by Gasteiger charge is 2.32. The van der Waals surface area contributed by atoms with E-state index >= 15 is 0 Å². The van der Waals surface area contributed by atoms with Gasteiger partial charge in [0.25, 0.3) is 5.91 Å². The molecule has 2 aromatic carbocycles. The SMILES string of the molecule is Cc1cccc(NC(=O)COC(=O)C2CC(=O)Nc3cc(F)ccc32)c1C. The molecule has 1 atom stereocenters. The quantitative estimate of drug-likeness (QED) is 0.810. The van der Waals surface area contributed by atoms with E-state index in [-0.39, 0.29) is 12.1 Å². The molecular formula is C20H19FN2O4. The Morgan fingerprint density at radius 2 is 2.04 bits per heavy atom. The molecule has 1 aliphatic rings. The van der Waals surface area contributed by atoms with Crippen LogP contribution in [0, 0.1) is 19.7 Å². The molecule has 0 saturated carbocycles. The Hall–Kier alpha value is -3.22. The molecule has 0 radical (unpaired) electrons. The molecule has 0 bridgehead atoms. The monoisotopic (exact) mass is 370 g/mol. The van der Waals surface area contributed by atoms with Crippen molar-refractivity contribution in [1.29, 1.82) is 0 Å². The summed E-state index contributed by atoms with van der Waals surface area (Å²) in [7, 11) is 0. The largest absolute Gasteiger partial charge is 0.455 e. The van der Waals surface area contributed by atoms with Gasteiger partial charge in [-0.3, -0.25) is 14.4 Å². The van der Waals surface area contributed by atoms with Crippen molar-refractivity contribution in [3.8, 4) is 0 Å². The Morgan fingerprint density at radius 3 is 2.81 bits per heavy atom. The highest BCUT2D eigenvalue weighted by Crippen LogP contribution is 2.33. The minimum Gasteiger partial charge on any atom is -0.455 e. The number of carbonyl (C=O) groups excluding carboxylic acids is 3. The summed E-state index contributed by atoms with van der Waals surface area (Å²) in [6.07, 6.45) is -0.115. The van der Waals surface area contributed by atoms with Crippen LogP contribution in [0.2, 0.25) is 0 Å². The predicted molar refractivity (Wildman–Crippen MR) is 97.9 cm³/mol. The van der Waals surface area contributed by atoms with Gasteiger partial charge in [-0.1, -0.05) is 18.2 Å². The van der Waals surface area contributed by atoms with Gasteiger partial charge in [-0.05, 0) is 48.7 Å². The Balaban J connectivity index is 1.65. The molecule has 3 rings (SSSR count). The van der Waals surface area contributed by atoms with Crippen molar-refractivity contribution >= 4 is 29.2 Å². The summed E-state index contributed by atoms with van der Waals surface area (Å²) in [5, 5.41) is 5.23. The molecule has 0 saturated heterocycles. The van der Waals surface area contributed by atoms with Gasteiger partial charge in [0.2, 0.25) is 5.91 Å². The molecule has 2 aromatic rings. The molecule has 1 unspecified atom stereocenters. The molecule has 0 spiro atoms. The lowest BCUT2D eigenvalue weighted by molar-refractivity contribution is -0.149. The van der Waals surface area contributed by atoms with E-state index in [0.29, 0.717) is 11.3 Å². The third kappa shape index (κ3) is 4.13. The van der Waals surface area contributed by atoms with Gasteiger partial charge in [0.15, 0.2) is 6.61 Å². The number of carbonyl (C=O) groups is 3. The average molecular weight is 370 g/mol. The fourth-order valence-electron chi connectivity index (χ4n) is 2.96. The fourth-order valence-corrected chi connectivity index (χ4v) is 2.96. The second-order valence-corrected chi connectivity index (χ2v) is 6.44. The normalized spacial score (nSPS) is 15.5. The first-order chi connectivity index (χ1) is 12.8. The second kappa shape index (κ2) is 7.57. The minimum atomic E-state index is -0.872. The van der Waals surface area contributed by atoms with Crippen LogP contribution in [0.5, 0.6) is 0 Å². The topological polar surface area (TPSA) is 84.5 Å². The maximum absolute atomic E-state index is 13.4. The molecule has 0 aliphatic carbocycles. The molecule has 140 valence electrons. The van der Waals surface area contributed by atoms with Crippen molar-refractivity contribution in [1.82, 2.24) is 0 Å². The summed E-state index contributed by atoms with van der Waals surface area (Å²) in [6, 6.07) is 9.31. The van der Waals surface area contributed by atoms with E-state index in [4.69, 9.17) is 4.74 Å². The van der Waals surface area contributed by atoms with E-state index in [1.54, 1.807) is 6.07 Å². The summed E-state index contributed by atoms with van der Waals surface area (Å²) in [5.74, 6) is -2.97. The molecule has 7 heteroatoms. The zero-order chi connectivity index (χ0) is 19.6. The van der Waals surface area contributed by atoms with Crippen LogP contribution in [0.25, 0.3) is 0 Å². The van der Waals surface area contributed by atoms with Crippen molar-refractivity contribution < 1.29 is 23.5 Å². The van der Waals surface area contributed by atoms with E-state index in [9.17, 15) is 18.8 Å². The van der Waals surface area contributed by atoms with Crippen LogP contribution in [-0.4, -0.2) is 24.4 Å². The summed E-state index contributed by atoms with van der Waals surface area (Å²) >= 11 is 0. The molecular weight excluding hydrogens is 351 g/mol.